The van der Waals surface area contributed by atoms with Crippen molar-refractivity contribution in [2.24, 2.45) is 5.73 Å². The first kappa shape index (κ1) is 13.3. The summed E-state index contributed by atoms with van der Waals surface area (Å²) < 4.78 is 10.8. The molecule has 0 saturated carbocycles. The second kappa shape index (κ2) is 6.12. The van der Waals surface area contributed by atoms with Gasteiger partial charge in [-0.1, -0.05) is 13.0 Å². The Hall–Kier alpha value is -1.73. The SMILES string of the molecule is CCC(C#N)Oc1cc(OC)ccc1[C@H](C)N. The molecule has 0 radical (unpaired) electrons. The predicted octanol–water partition coefficient (Wildman–Crippen LogP) is 2.40. The fourth-order valence-corrected chi connectivity index (χ4v) is 1.47. The molecular formula is C13H18N2O2. The summed E-state index contributed by atoms with van der Waals surface area (Å²) in [6.07, 6.45) is 0.172. The number of nitrogens with two attached hydrogens (primary N) is 1. The van der Waals surface area contributed by atoms with Gasteiger partial charge in [-0.2, -0.15) is 5.26 Å². The summed E-state index contributed by atoms with van der Waals surface area (Å²) in [5.41, 5.74) is 6.74. The summed E-state index contributed by atoms with van der Waals surface area (Å²) >= 11 is 0. The van der Waals surface area contributed by atoms with Crippen molar-refractivity contribution in [3.63, 3.8) is 0 Å². The molecule has 1 aromatic rings. The van der Waals surface area contributed by atoms with Gasteiger partial charge >= 0.3 is 0 Å². The number of hydrogen-bond donors (Lipinski definition) is 1. The Labute approximate surface area is 102 Å². The van der Waals surface area contributed by atoms with Gasteiger partial charge in [0.25, 0.3) is 0 Å². The van der Waals surface area contributed by atoms with E-state index in [1.165, 1.54) is 0 Å². The highest BCUT2D eigenvalue weighted by molar-refractivity contribution is 5.42. The highest BCUT2D eigenvalue weighted by atomic mass is 16.5. The van der Waals surface area contributed by atoms with Crippen LogP contribution in [0.2, 0.25) is 0 Å². The Bertz CT molecular complexity index is 410. The molecule has 0 aliphatic carbocycles. The minimum atomic E-state index is -0.459. The van der Waals surface area contributed by atoms with Crippen molar-refractivity contribution in [3.8, 4) is 17.6 Å². The van der Waals surface area contributed by atoms with Gasteiger partial charge in [0.2, 0.25) is 0 Å². The maximum absolute atomic E-state index is 8.91. The Balaban J connectivity index is 3.05. The van der Waals surface area contributed by atoms with E-state index in [9.17, 15) is 0 Å². The van der Waals surface area contributed by atoms with E-state index in [-0.39, 0.29) is 6.04 Å². The fourth-order valence-electron chi connectivity index (χ4n) is 1.47. The van der Waals surface area contributed by atoms with Gasteiger partial charge in [0.05, 0.1) is 7.11 Å². The van der Waals surface area contributed by atoms with Crippen LogP contribution in [0.25, 0.3) is 0 Å². The summed E-state index contributed by atoms with van der Waals surface area (Å²) in [7, 11) is 1.59. The van der Waals surface area contributed by atoms with E-state index in [4.69, 9.17) is 20.5 Å². The number of benzene rings is 1. The molecule has 2 atom stereocenters. The normalized spacial score (nSPS) is 13.6. The Morgan fingerprint density at radius 1 is 1.47 bits per heavy atom. The molecule has 92 valence electrons. The molecule has 4 heteroatoms. The van der Waals surface area contributed by atoms with E-state index in [0.717, 1.165) is 5.56 Å². The molecule has 0 bridgehead atoms. The molecule has 0 aliphatic heterocycles. The molecule has 1 unspecified atom stereocenters. The number of rotatable bonds is 5. The molecule has 0 fully saturated rings. The zero-order chi connectivity index (χ0) is 12.8. The van der Waals surface area contributed by atoms with Gasteiger partial charge in [-0.15, -0.1) is 0 Å². The van der Waals surface area contributed by atoms with E-state index >= 15 is 0 Å². The van der Waals surface area contributed by atoms with Gasteiger partial charge in [-0.25, -0.2) is 0 Å². The van der Waals surface area contributed by atoms with E-state index in [1.54, 1.807) is 13.2 Å². The van der Waals surface area contributed by atoms with Gasteiger partial charge in [-0.05, 0) is 19.4 Å². The van der Waals surface area contributed by atoms with Crippen LogP contribution < -0.4 is 15.2 Å². The average Bonchev–Trinajstić information content (AvgIpc) is 2.35. The Morgan fingerprint density at radius 2 is 2.18 bits per heavy atom. The number of nitrogens with zero attached hydrogens (tertiary/aromatic N) is 1. The maximum atomic E-state index is 8.91. The standard InChI is InChI=1S/C13H18N2O2/c1-4-10(8-14)17-13-7-11(16-3)5-6-12(13)9(2)15/h5-7,9-10H,4,15H2,1-3H3/t9-,10?/m0/s1. The second-order valence-electron chi connectivity index (χ2n) is 3.84. The minimum Gasteiger partial charge on any atom is -0.497 e. The molecule has 0 aliphatic rings. The second-order valence-corrected chi connectivity index (χ2v) is 3.84. The van der Waals surface area contributed by atoms with Crippen molar-refractivity contribution >= 4 is 0 Å². The lowest BCUT2D eigenvalue weighted by Gasteiger charge is -2.17. The minimum absolute atomic E-state index is 0.146. The summed E-state index contributed by atoms with van der Waals surface area (Å²) in [5.74, 6) is 1.31. The first-order valence-corrected chi connectivity index (χ1v) is 5.62. The van der Waals surface area contributed by atoms with Gasteiger partial charge in [0, 0.05) is 17.7 Å². The Kier molecular flexibility index (Phi) is 4.80. The number of ether oxygens (including phenoxy) is 2. The van der Waals surface area contributed by atoms with Crippen LogP contribution in [0, 0.1) is 11.3 Å². The topological polar surface area (TPSA) is 68.3 Å². The molecule has 0 aromatic heterocycles. The summed E-state index contributed by atoms with van der Waals surface area (Å²) in [4.78, 5) is 0. The third kappa shape index (κ3) is 3.36. The molecule has 0 amide bonds. The van der Waals surface area contributed by atoms with Crippen LogP contribution in [0.15, 0.2) is 18.2 Å². The first-order valence-electron chi connectivity index (χ1n) is 5.62. The molecule has 1 rings (SSSR count). The summed E-state index contributed by atoms with van der Waals surface area (Å²) in [6, 6.07) is 7.41. The van der Waals surface area contributed by atoms with Crippen molar-refractivity contribution < 1.29 is 9.47 Å². The zero-order valence-corrected chi connectivity index (χ0v) is 10.4. The molecule has 2 N–H and O–H groups in total. The van der Waals surface area contributed by atoms with Crippen LogP contribution in [-0.4, -0.2) is 13.2 Å². The van der Waals surface area contributed by atoms with Gasteiger partial charge < -0.3 is 15.2 Å². The molecule has 0 heterocycles. The van der Waals surface area contributed by atoms with Crippen molar-refractivity contribution in [1.29, 1.82) is 5.26 Å². The number of methoxy groups -OCH3 is 1. The van der Waals surface area contributed by atoms with Crippen LogP contribution in [0.4, 0.5) is 0 Å². The third-order valence-corrected chi connectivity index (χ3v) is 2.50. The predicted molar refractivity (Wildman–Crippen MR) is 65.9 cm³/mol. The van der Waals surface area contributed by atoms with Crippen molar-refractivity contribution in [2.45, 2.75) is 32.4 Å². The van der Waals surface area contributed by atoms with Crippen molar-refractivity contribution in [3.05, 3.63) is 23.8 Å². The Morgan fingerprint density at radius 3 is 2.65 bits per heavy atom. The highest BCUT2D eigenvalue weighted by Gasteiger charge is 2.13. The molecule has 17 heavy (non-hydrogen) atoms. The lowest BCUT2D eigenvalue weighted by atomic mass is 10.1. The average molecular weight is 234 g/mol. The van der Waals surface area contributed by atoms with Gasteiger partial charge in [-0.3, -0.25) is 0 Å². The van der Waals surface area contributed by atoms with E-state index < -0.39 is 6.10 Å². The largest absolute Gasteiger partial charge is 0.497 e. The van der Waals surface area contributed by atoms with E-state index in [2.05, 4.69) is 6.07 Å². The van der Waals surface area contributed by atoms with E-state index in [1.807, 2.05) is 26.0 Å². The quantitative estimate of drug-likeness (QED) is 0.849. The van der Waals surface area contributed by atoms with Crippen LogP contribution >= 0.6 is 0 Å². The molecule has 0 saturated heterocycles. The monoisotopic (exact) mass is 234 g/mol. The molecule has 1 aromatic carbocycles. The van der Waals surface area contributed by atoms with Gasteiger partial charge in [0.15, 0.2) is 6.10 Å². The molecule has 0 spiro atoms. The van der Waals surface area contributed by atoms with Crippen LogP contribution in [0.5, 0.6) is 11.5 Å². The molecular weight excluding hydrogens is 216 g/mol. The van der Waals surface area contributed by atoms with Crippen LogP contribution in [0.1, 0.15) is 31.9 Å². The fraction of sp³-hybridized carbons (Fsp3) is 0.462. The molecule has 4 nitrogen and oxygen atoms in total. The number of nitriles is 1. The first-order chi connectivity index (χ1) is 8.12. The smallest absolute Gasteiger partial charge is 0.184 e. The lowest BCUT2D eigenvalue weighted by Crippen LogP contribution is -2.15. The van der Waals surface area contributed by atoms with Crippen LogP contribution in [-0.2, 0) is 0 Å². The lowest BCUT2D eigenvalue weighted by molar-refractivity contribution is 0.247. The number of hydrogen-bond acceptors (Lipinski definition) is 4. The third-order valence-electron chi connectivity index (χ3n) is 2.50. The van der Waals surface area contributed by atoms with Crippen molar-refractivity contribution in [2.75, 3.05) is 7.11 Å². The summed E-state index contributed by atoms with van der Waals surface area (Å²) in [5, 5.41) is 8.91. The summed E-state index contributed by atoms with van der Waals surface area (Å²) in [6.45, 7) is 3.78. The van der Waals surface area contributed by atoms with Crippen LogP contribution in [0.3, 0.4) is 0 Å². The van der Waals surface area contributed by atoms with Gasteiger partial charge in [0.1, 0.15) is 17.6 Å². The van der Waals surface area contributed by atoms with Crippen molar-refractivity contribution in [1.82, 2.24) is 0 Å². The maximum Gasteiger partial charge on any atom is 0.184 e. The van der Waals surface area contributed by atoms with E-state index in [0.29, 0.717) is 17.9 Å². The highest BCUT2D eigenvalue weighted by Crippen LogP contribution is 2.29. The zero-order valence-electron chi connectivity index (χ0n) is 10.4.